The molecule has 24 heavy (non-hydrogen) atoms. The van der Waals surface area contributed by atoms with Gasteiger partial charge >= 0.3 is 0 Å². The van der Waals surface area contributed by atoms with Crippen LogP contribution in [0.1, 0.15) is 12.0 Å². The lowest BCUT2D eigenvalue weighted by Gasteiger charge is -2.41. The molecule has 0 saturated carbocycles. The fourth-order valence-corrected chi connectivity index (χ4v) is 4.15. The van der Waals surface area contributed by atoms with E-state index < -0.39 is 10.0 Å². The molecular formula is C16H27ClN3O3S+. The molecule has 2 N–H and O–H groups in total. The summed E-state index contributed by atoms with van der Waals surface area (Å²) in [5, 5.41) is 10.3. The number of rotatable bonds is 6. The number of likely N-dealkylation sites (N-methyl/N-ethyl adjacent to an activating group) is 2. The summed E-state index contributed by atoms with van der Waals surface area (Å²) in [6.07, 6.45) is 0.579. The molecule has 1 aliphatic heterocycles. The molecule has 2 rings (SSSR count). The average Bonchev–Trinajstić information content (AvgIpc) is 2.48. The molecule has 8 heteroatoms. The lowest BCUT2D eigenvalue weighted by molar-refractivity contribution is -0.913. The Morgan fingerprint density at radius 1 is 1.33 bits per heavy atom. The van der Waals surface area contributed by atoms with Crippen LogP contribution < -0.4 is 4.72 Å². The topological polar surface area (TPSA) is 69.6 Å². The van der Waals surface area contributed by atoms with E-state index in [2.05, 4.69) is 23.7 Å². The Morgan fingerprint density at radius 3 is 2.58 bits per heavy atom. The summed E-state index contributed by atoms with van der Waals surface area (Å²) in [6, 6.07) is 2.90. The van der Waals surface area contributed by atoms with Crippen molar-refractivity contribution in [1.82, 2.24) is 4.90 Å². The van der Waals surface area contributed by atoms with Gasteiger partial charge in [0.05, 0.1) is 38.1 Å². The smallest absolute Gasteiger partial charge is 0.233 e. The molecule has 1 fully saturated rings. The van der Waals surface area contributed by atoms with Gasteiger partial charge in [-0.3, -0.25) is 9.62 Å². The summed E-state index contributed by atoms with van der Waals surface area (Å²) < 4.78 is 27.9. The molecule has 0 bridgehead atoms. The molecule has 1 aromatic carbocycles. The van der Waals surface area contributed by atoms with E-state index in [1.54, 1.807) is 6.92 Å². The van der Waals surface area contributed by atoms with Gasteiger partial charge in [-0.05, 0) is 31.7 Å². The molecule has 0 radical (unpaired) electrons. The predicted octanol–water partition coefficient (Wildman–Crippen LogP) is 1.88. The Morgan fingerprint density at radius 2 is 1.96 bits per heavy atom. The quantitative estimate of drug-likeness (QED) is 0.587. The summed E-state index contributed by atoms with van der Waals surface area (Å²) in [6.45, 7) is 6.74. The fourth-order valence-electron chi connectivity index (χ4n) is 2.87. The van der Waals surface area contributed by atoms with Crippen molar-refractivity contribution in [3.63, 3.8) is 0 Å². The maximum absolute atomic E-state index is 12.3. The van der Waals surface area contributed by atoms with E-state index in [1.807, 2.05) is 0 Å². The zero-order valence-electron chi connectivity index (χ0n) is 14.5. The second-order valence-corrected chi connectivity index (χ2v) is 9.24. The van der Waals surface area contributed by atoms with Gasteiger partial charge in [-0.1, -0.05) is 11.6 Å². The largest absolute Gasteiger partial charge is 0.506 e. The number of anilines is 1. The Hall–Kier alpha value is -1.02. The zero-order valence-corrected chi connectivity index (χ0v) is 16.1. The average molecular weight is 377 g/mol. The molecule has 0 unspecified atom stereocenters. The number of nitrogens with one attached hydrogen (secondary N) is 1. The minimum absolute atomic E-state index is 0.0294. The number of nitrogens with zero attached hydrogens (tertiary/aromatic N) is 2. The van der Waals surface area contributed by atoms with Crippen LogP contribution in [0.4, 0.5) is 5.69 Å². The highest BCUT2D eigenvalue weighted by Crippen LogP contribution is 2.30. The summed E-state index contributed by atoms with van der Waals surface area (Å²) >= 11 is 6.00. The number of phenols is 1. The van der Waals surface area contributed by atoms with Crippen LogP contribution in [0.2, 0.25) is 5.02 Å². The predicted molar refractivity (Wildman–Crippen MR) is 98.2 cm³/mol. The van der Waals surface area contributed by atoms with E-state index >= 15 is 0 Å². The lowest BCUT2D eigenvalue weighted by Crippen LogP contribution is -2.56. The van der Waals surface area contributed by atoms with Gasteiger partial charge in [0.25, 0.3) is 0 Å². The molecule has 0 aromatic heterocycles. The lowest BCUT2D eigenvalue weighted by atomic mass is 10.2. The van der Waals surface area contributed by atoms with Gasteiger partial charge in [0.2, 0.25) is 10.0 Å². The van der Waals surface area contributed by atoms with E-state index in [9.17, 15) is 13.5 Å². The van der Waals surface area contributed by atoms with Crippen molar-refractivity contribution in [3.05, 3.63) is 22.7 Å². The number of halogens is 1. The zero-order chi connectivity index (χ0) is 18.0. The second-order valence-electron chi connectivity index (χ2n) is 6.99. The molecule has 136 valence electrons. The first-order chi connectivity index (χ1) is 11.1. The number of hydrogen-bond donors (Lipinski definition) is 2. The molecule has 0 spiro atoms. The van der Waals surface area contributed by atoms with Gasteiger partial charge in [0, 0.05) is 24.5 Å². The van der Waals surface area contributed by atoms with Gasteiger partial charge in [-0.15, -0.1) is 0 Å². The molecule has 1 heterocycles. The van der Waals surface area contributed by atoms with E-state index in [4.69, 9.17) is 11.6 Å². The van der Waals surface area contributed by atoms with Crippen molar-refractivity contribution in [2.45, 2.75) is 13.3 Å². The summed E-state index contributed by atoms with van der Waals surface area (Å²) in [7, 11) is 0.773. The second kappa shape index (κ2) is 7.47. The standard InChI is InChI=1S/C16H26ClN3O3S/c1-13-11-16(21)15(12-14(13)17)18-24(22,23)10-4-7-20(3)8-5-19(2)6-9-20/h11-12,18H,4-10H2,1-3H3/p+1. The highest BCUT2D eigenvalue weighted by molar-refractivity contribution is 7.92. The van der Waals surface area contributed by atoms with E-state index in [1.165, 1.54) is 12.1 Å². The molecule has 0 amide bonds. The maximum Gasteiger partial charge on any atom is 0.233 e. The normalized spacial score (nSPS) is 18.5. The van der Waals surface area contributed by atoms with Crippen molar-refractivity contribution < 1.29 is 18.0 Å². The first kappa shape index (κ1) is 19.3. The third-order valence-electron chi connectivity index (χ3n) is 4.70. The number of sulfonamides is 1. The van der Waals surface area contributed by atoms with Gasteiger partial charge in [0.15, 0.2) is 0 Å². The van der Waals surface area contributed by atoms with Gasteiger partial charge < -0.3 is 9.59 Å². The molecule has 0 atom stereocenters. The SMILES string of the molecule is Cc1cc(O)c(NS(=O)(=O)CCC[N+]2(C)CCN(C)CC2)cc1Cl. The van der Waals surface area contributed by atoms with Crippen molar-refractivity contribution in [1.29, 1.82) is 0 Å². The van der Waals surface area contributed by atoms with Crippen LogP contribution in [0, 0.1) is 6.92 Å². The number of aromatic hydroxyl groups is 1. The Balaban J connectivity index is 1.91. The van der Waals surface area contributed by atoms with E-state index in [0.29, 0.717) is 17.0 Å². The van der Waals surface area contributed by atoms with Gasteiger partial charge in [-0.2, -0.15) is 0 Å². The van der Waals surface area contributed by atoms with Crippen LogP contribution >= 0.6 is 11.6 Å². The van der Waals surface area contributed by atoms with Crippen LogP contribution in [0.3, 0.4) is 0 Å². The highest BCUT2D eigenvalue weighted by Gasteiger charge is 2.27. The van der Waals surface area contributed by atoms with Gasteiger partial charge in [0.1, 0.15) is 5.75 Å². The van der Waals surface area contributed by atoms with Crippen LogP contribution in [0.5, 0.6) is 5.75 Å². The summed E-state index contributed by atoms with van der Waals surface area (Å²) in [5.41, 5.74) is 0.829. The Labute approximate surface area is 149 Å². The number of aryl methyl sites for hydroxylation is 1. The van der Waals surface area contributed by atoms with Crippen molar-refractivity contribution in [2.75, 3.05) is 57.3 Å². The number of quaternary nitrogens is 1. The molecule has 1 saturated heterocycles. The Bertz CT molecular complexity index is 686. The molecule has 1 aromatic rings. The first-order valence-corrected chi connectivity index (χ1v) is 10.1. The Kier molecular flexibility index (Phi) is 6.01. The van der Waals surface area contributed by atoms with Crippen LogP contribution in [0.25, 0.3) is 0 Å². The minimum Gasteiger partial charge on any atom is -0.506 e. The monoisotopic (exact) mass is 376 g/mol. The van der Waals surface area contributed by atoms with E-state index in [-0.39, 0.29) is 17.2 Å². The maximum atomic E-state index is 12.3. The van der Waals surface area contributed by atoms with Crippen molar-refractivity contribution in [3.8, 4) is 5.75 Å². The summed E-state index contributed by atoms with van der Waals surface area (Å²) in [5.74, 6) is -0.0831. The highest BCUT2D eigenvalue weighted by atomic mass is 35.5. The van der Waals surface area contributed by atoms with E-state index in [0.717, 1.165) is 37.2 Å². The molecular weight excluding hydrogens is 350 g/mol. The number of phenolic OH excluding ortho intramolecular Hbond substituents is 1. The van der Waals surface area contributed by atoms with Crippen LogP contribution in [0.15, 0.2) is 12.1 Å². The fraction of sp³-hybridized carbons (Fsp3) is 0.625. The summed E-state index contributed by atoms with van der Waals surface area (Å²) in [4.78, 5) is 2.29. The number of hydrogen-bond acceptors (Lipinski definition) is 4. The number of benzene rings is 1. The number of piperazine rings is 1. The molecule has 1 aliphatic rings. The minimum atomic E-state index is -3.51. The molecule has 0 aliphatic carbocycles. The van der Waals surface area contributed by atoms with Crippen molar-refractivity contribution >= 4 is 27.3 Å². The van der Waals surface area contributed by atoms with Crippen molar-refractivity contribution in [2.24, 2.45) is 0 Å². The first-order valence-electron chi connectivity index (χ1n) is 8.12. The van der Waals surface area contributed by atoms with Crippen LogP contribution in [-0.2, 0) is 10.0 Å². The molecule has 6 nitrogen and oxygen atoms in total. The third-order valence-corrected chi connectivity index (χ3v) is 6.46. The van der Waals surface area contributed by atoms with Gasteiger partial charge in [-0.25, -0.2) is 8.42 Å². The van der Waals surface area contributed by atoms with Crippen LogP contribution in [-0.4, -0.2) is 75.5 Å². The third kappa shape index (κ3) is 5.24.